The van der Waals surface area contributed by atoms with E-state index in [9.17, 15) is 0 Å². The summed E-state index contributed by atoms with van der Waals surface area (Å²) < 4.78 is 4.61. The normalized spacial score (nSPS) is 14.1. The first kappa shape index (κ1) is 13.9. The van der Waals surface area contributed by atoms with Gasteiger partial charge in [-0.2, -0.15) is 0 Å². The monoisotopic (exact) mass is 180 g/mol. The Bertz CT molecular complexity index is 108. The molecule has 3 N–H and O–H groups in total. The Morgan fingerprint density at radius 1 is 1.50 bits per heavy atom. The Balaban J connectivity index is 0. The molecule has 0 saturated carbocycles. The van der Waals surface area contributed by atoms with Gasteiger partial charge in [-0.1, -0.05) is 0 Å². The summed E-state index contributed by atoms with van der Waals surface area (Å²) in [6, 6.07) is 0. The van der Waals surface area contributed by atoms with E-state index < -0.39 is 18.4 Å². The zero-order valence-electron chi connectivity index (χ0n) is 7.52. The van der Waals surface area contributed by atoms with Crippen LogP contribution in [0.25, 0.3) is 0 Å². The topological polar surface area (TPSA) is 87.0 Å². The molecule has 12 heavy (non-hydrogen) atoms. The molecule has 0 radical (unpaired) electrons. The smallest absolute Gasteiger partial charge is 0.300 e. The lowest BCUT2D eigenvalue weighted by Crippen LogP contribution is -2.25. The molecular weight excluding hydrogens is 164 g/mol. The number of carboxylic acids is 1. The van der Waals surface area contributed by atoms with Crippen LogP contribution in [0.2, 0.25) is 0 Å². The highest BCUT2D eigenvalue weighted by atomic mass is 16.6. The van der Waals surface area contributed by atoms with Crippen LogP contribution in [0.1, 0.15) is 20.8 Å². The van der Waals surface area contributed by atoms with E-state index in [0.29, 0.717) is 6.61 Å². The van der Waals surface area contributed by atoms with Crippen LogP contribution in [0.4, 0.5) is 0 Å². The Labute approximate surface area is 71.6 Å². The van der Waals surface area contributed by atoms with E-state index in [4.69, 9.17) is 20.1 Å². The van der Waals surface area contributed by atoms with Crippen molar-refractivity contribution in [1.29, 1.82) is 0 Å². The van der Waals surface area contributed by atoms with Crippen LogP contribution >= 0.6 is 0 Å². The Morgan fingerprint density at radius 3 is 1.92 bits per heavy atom. The molecule has 0 rings (SSSR count). The number of hydrogen-bond donors (Lipinski definition) is 3. The highest BCUT2D eigenvalue weighted by molar-refractivity contribution is 5.62. The van der Waals surface area contributed by atoms with Crippen LogP contribution in [-0.2, 0) is 9.53 Å². The lowest BCUT2D eigenvalue weighted by atomic mass is 10.4. The van der Waals surface area contributed by atoms with E-state index in [1.54, 1.807) is 6.92 Å². The first-order valence-corrected chi connectivity index (χ1v) is 3.59. The molecule has 5 heteroatoms. The molecule has 74 valence electrons. The number of aliphatic hydroxyl groups excluding tert-OH is 2. The highest BCUT2D eigenvalue weighted by Crippen LogP contribution is 1.92. The average molecular weight is 180 g/mol. The van der Waals surface area contributed by atoms with Crippen LogP contribution in [0.15, 0.2) is 0 Å². The van der Waals surface area contributed by atoms with Crippen LogP contribution in [-0.4, -0.2) is 40.3 Å². The van der Waals surface area contributed by atoms with Gasteiger partial charge in [0.1, 0.15) is 6.10 Å². The fourth-order valence-corrected chi connectivity index (χ4v) is 0.310. The number of hydrogen-bond acceptors (Lipinski definition) is 4. The molecule has 0 aliphatic heterocycles. The largest absolute Gasteiger partial charge is 0.481 e. The summed E-state index contributed by atoms with van der Waals surface area (Å²) in [5.74, 6) is -0.833. The number of aliphatic hydroxyl groups is 2. The Hall–Kier alpha value is -0.650. The van der Waals surface area contributed by atoms with Gasteiger partial charge in [0, 0.05) is 13.5 Å². The van der Waals surface area contributed by atoms with E-state index >= 15 is 0 Å². The van der Waals surface area contributed by atoms with Crippen LogP contribution < -0.4 is 0 Å². The zero-order valence-corrected chi connectivity index (χ0v) is 7.52. The van der Waals surface area contributed by atoms with Gasteiger partial charge < -0.3 is 20.1 Å². The summed E-state index contributed by atoms with van der Waals surface area (Å²) in [5, 5.41) is 24.6. The lowest BCUT2D eigenvalue weighted by molar-refractivity contribution is -0.152. The van der Waals surface area contributed by atoms with E-state index in [2.05, 4.69) is 4.74 Å². The average Bonchev–Trinajstić information content (AvgIpc) is 1.86. The van der Waals surface area contributed by atoms with Gasteiger partial charge in [-0.05, 0) is 13.8 Å². The number of aliphatic carboxylic acids is 1. The third-order valence-corrected chi connectivity index (χ3v) is 0.750. The van der Waals surface area contributed by atoms with Gasteiger partial charge in [0.15, 0.2) is 6.29 Å². The van der Waals surface area contributed by atoms with Gasteiger partial charge in [0.2, 0.25) is 0 Å². The van der Waals surface area contributed by atoms with Crippen molar-refractivity contribution in [2.75, 3.05) is 6.61 Å². The second-order valence-electron chi connectivity index (χ2n) is 2.11. The maximum absolute atomic E-state index is 9.00. The number of carboxylic acid groups (broad SMARTS) is 1. The molecule has 5 nitrogen and oxygen atoms in total. The Kier molecular flexibility index (Phi) is 9.79. The fourth-order valence-electron chi connectivity index (χ4n) is 0.310. The first-order valence-electron chi connectivity index (χ1n) is 3.59. The van der Waals surface area contributed by atoms with E-state index in [1.165, 1.54) is 6.92 Å². The van der Waals surface area contributed by atoms with Crippen molar-refractivity contribution in [3.63, 3.8) is 0 Å². The second kappa shape index (κ2) is 8.45. The fraction of sp³-hybridized carbons (Fsp3) is 0.857. The molecule has 0 bridgehead atoms. The van der Waals surface area contributed by atoms with Crippen molar-refractivity contribution in [2.24, 2.45) is 0 Å². The molecule has 2 unspecified atom stereocenters. The maximum atomic E-state index is 9.00. The summed E-state index contributed by atoms with van der Waals surface area (Å²) in [6.07, 6.45) is -1.82. The third kappa shape index (κ3) is 16.2. The van der Waals surface area contributed by atoms with Crippen LogP contribution in [0.5, 0.6) is 0 Å². The second-order valence-corrected chi connectivity index (χ2v) is 2.11. The molecule has 0 fully saturated rings. The molecule has 0 aliphatic carbocycles. The molecule has 2 atom stereocenters. The molecule has 0 aromatic rings. The quantitative estimate of drug-likeness (QED) is 0.524. The molecule has 0 saturated heterocycles. The summed E-state index contributed by atoms with van der Waals surface area (Å²) in [6.45, 7) is 4.73. The molecule has 0 amide bonds. The predicted molar refractivity (Wildman–Crippen MR) is 42.6 cm³/mol. The van der Waals surface area contributed by atoms with Gasteiger partial charge in [0.25, 0.3) is 5.97 Å². The van der Waals surface area contributed by atoms with Gasteiger partial charge in [-0.3, -0.25) is 4.79 Å². The summed E-state index contributed by atoms with van der Waals surface area (Å²) in [4.78, 5) is 9.00. The standard InChI is InChI=1S/C5H12O3.C2H4O2/c1-3-8-5(7)4(2)6;1-2(3)4/h4-7H,3H2,1-2H3;1H3,(H,3,4). The van der Waals surface area contributed by atoms with Gasteiger partial charge in [-0.25, -0.2) is 0 Å². The van der Waals surface area contributed by atoms with E-state index in [0.717, 1.165) is 6.92 Å². The number of rotatable bonds is 3. The van der Waals surface area contributed by atoms with Crippen molar-refractivity contribution < 1.29 is 24.9 Å². The molecule has 0 spiro atoms. The summed E-state index contributed by atoms with van der Waals surface area (Å²) in [7, 11) is 0. The van der Waals surface area contributed by atoms with Crippen LogP contribution in [0, 0.1) is 0 Å². The molecular formula is C7H16O5. The van der Waals surface area contributed by atoms with E-state index in [1.807, 2.05) is 0 Å². The zero-order chi connectivity index (χ0) is 10.1. The van der Waals surface area contributed by atoms with Crippen LogP contribution in [0.3, 0.4) is 0 Å². The first-order chi connectivity index (χ1) is 5.41. The van der Waals surface area contributed by atoms with Crippen molar-refractivity contribution >= 4 is 5.97 Å². The number of carbonyl (C=O) groups is 1. The molecule has 0 heterocycles. The lowest BCUT2D eigenvalue weighted by Gasteiger charge is -2.11. The Morgan fingerprint density at radius 2 is 1.83 bits per heavy atom. The van der Waals surface area contributed by atoms with Crippen molar-refractivity contribution in [2.45, 2.75) is 33.2 Å². The summed E-state index contributed by atoms with van der Waals surface area (Å²) in [5.41, 5.74) is 0. The third-order valence-electron chi connectivity index (χ3n) is 0.750. The minimum atomic E-state index is -1.03. The summed E-state index contributed by atoms with van der Waals surface area (Å²) >= 11 is 0. The predicted octanol–water partition coefficient (Wildman–Crippen LogP) is -0.187. The van der Waals surface area contributed by atoms with Gasteiger partial charge in [0.05, 0.1) is 0 Å². The van der Waals surface area contributed by atoms with Gasteiger partial charge >= 0.3 is 0 Å². The minimum Gasteiger partial charge on any atom is -0.481 e. The van der Waals surface area contributed by atoms with Crippen molar-refractivity contribution in [3.05, 3.63) is 0 Å². The highest BCUT2D eigenvalue weighted by Gasteiger charge is 2.08. The molecule has 0 aliphatic rings. The van der Waals surface area contributed by atoms with Crippen molar-refractivity contribution in [3.8, 4) is 0 Å². The van der Waals surface area contributed by atoms with Gasteiger partial charge in [-0.15, -0.1) is 0 Å². The number of ether oxygens (including phenoxy) is 1. The molecule has 0 aromatic heterocycles. The van der Waals surface area contributed by atoms with E-state index in [-0.39, 0.29) is 0 Å². The SMILES string of the molecule is CC(=O)O.CCOC(O)C(C)O. The van der Waals surface area contributed by atoms with Crippen molar-refractivity contribution in [1.82, 2.24) is 0 Å². The molecule has 0 aromatic carbocycles. The maximum Gasteiger partial charge on any atom is 0.300 e. The minimum absolute atomic E-state index is 0.423.